The molecular formula is C9H13NO3S. The van der Waals surface area contributed by atoms with E-state index in [2.05, 4.69) is 4.98 Å². The average molecular weight is 215 g/mol. The number of thiazole rings is 1. The second-order valence-electron chi connectivity index (χ2n) is 2.62. The summed E-state index contributed by atoms with van der Waals surface area (Å²) < 4.78 is 4.85. The monoisotopic (exact) mass is 215 g/mol. The van der Waals surface area contributed by atoms with Crippen molar-refractivity contribution >= 4 is 17.3 Å². The number of aliphatic hydroxyl groups is 1. The van der Waals surface area contributed by atoms with Crippen molar-refractivity contribution in [2.75, 3.05) is 6.61 Å². The number of aliphatic hydroxyl groups excluding tert-OH is 1. The first-order valence-corrected chi connectivity index (χ1v) is 5.31. The standard InChI is InChI=1S/C9H13NO3S/c1-3-7-10-6(5-11)8(14-7)9(12)13-4-2/h11H,3-5H2,1-2H3. The molecule has 0 atom stereocenters. The molecular weight excluding hydrogens is 202 g/mol. The van der Waals surface area contributed by atoms with Gasteiger partial charge in [-0.3, -0.25) is 0 Å². The van der Waals surface area contributed by atoms with Crippen LogP contribution in [-0.2, 0) is 17.8 Å². The van der Waals surface area contributed by atoms with Crippen molar-refractivity contribution in [3.05, 3.63) is 15.6 Å². The van der Waals surface area contributed by atoms with Gasteiger partial charge in [-0.1, -0.05) is 6.92 Å². The number of ether oxygens (including phenoxy) is 1. The maximum absolute atomic E-state index is 11.4. The summed E-state index contributed by atoms with van der Waals surface area (Å²) in [7, 11) is 0. The van der Waals surface area contributed by atoms with Gasteiger partial charge in [0.1, 0.15) is 4.88 Å². The second-order valence-corrected chi connectivity index (χ2v) is 3.70. The highest BCUT2D eigenvalue weighted by atomic mass is 32.1. The third-order valence-electron chi connectivity index (χ3n) is 1.65. The molecule has 0 unspecified atom stereocenters. The van der Waals surface area contributed by atoms with Crippen molar-refractivity contribution in [3.8, 4) is 0 Å². The molecule has 78 valence electrons. The molecule has 5 heteroatoms. The van der Waals surface area contributed by atoms with Gasteiger partial charge in [0.05, 0.1) is 23.9 Å². The fourth-order valence-corrected chi connectivity index (χ4v) is 1.92. The number of aryl methyl sites for hydroxylation is 1. The van der Waals surface area contributed by atoms with E-state index in [1.54, 1.807) is 6.92 Å². The van der Waals surface area contributed by atoms with Crippen LogP contribution >= 0.6 is 11.3 Å². The fraction of sp³-hybridized carbons (Fsp3) is 0.556. The lowest BCUT2D eigenvalue weighted by atomic mass is 10.4. The molecule has 0 aliphatic heterocycles. The van der Waals surface area contributed by atoms with Gasteiger partial charge in [0, 0.05) is 0 Å². The molecule has 0 aliphatic rings. The Morgan fingerprint density at radius 2 is 2.29 bits per heavy atom. The maximum atomic E-state index is 11.4. The number of rotatable bonds is 4. The predicted molar refractivity (Wildman–Crippen MR) is 53.4 cm³/mol. The summed E-state index contributed by atoms with van der Waals surface area (Å²) >= 11 is 1.29. The smallest absolute Gasteiger partial charge is 0.350 e. The molecule has 0 bridgehead atoms. The van der Waals surface area contributed by atoms with E-state index in [9.17, 15) is 4.79 Å². The zero-order valence-electron chi connectivity index (χ0n) is 8.24. The lowest BCUT2D eigenvalue weighted by Gasteiger charge is -1.98. The van der Waals surface area contributed by atoms with E-state index in [0.29, 0.717) is 17.2 Å². The van der Waals surface area contributed by atoms with Crippen LogP contribution in [0.15, 0.2) is 0 Å². The van der Waals surface area contributed by atoms with Crippen molar-refractivity contribution in [2.45, 2.75) is 26.9 Å². The Morgan fingerprint density at radius 3 is 2.79 bits per heavy atom. The minimum Gasteiger partial charge on any atom is -0.462 e. The van der Waals surface area contributed by atoms with E-state index < -0.39 is 5.97 Å². The SMILES string of the molecule is CCOC(=O)c1sc(CC)nc1CO. The third kappa shape index (κ3) is 2.30. The van der Waals surface area contributed by atoms with Gasteiger partial charge in [-0.05, 0) is 13.3 Å². The Morgan fingerprint density at radius 1 is 1.57 bits per heavy atom. The summed E-state index contributed by atoms with van der Waals surface area (Å²) in [4.78, 5) is 15.9. The molecule has 0 spiro atoms. The first kappa shape index (κ1) is 11.1. The quantitative estimate of drug-likeness (QED) is 0.771. The van der Waals surface area contributed by atoms with Gasteiger partial charge < -0.3 is 9.84 Å². The van der Waals surface area contributed by atoms with Gasteiger partial charge >= 0.3 is 5.97 Å². The molecule has 0 aromatic carbocycles. The van der Waals surface area contributed by atoms with Crippen LogP contribution in [0.4, 0.5) is 0 Å². The summed E-state index contributed by atoms with van der Waals surface area (Å²) in [6.45, 7) is 3.82. The maximum Gasteiger partial charge on any atom is 0.350 e. The molecule has 1 heterocycles. The summed E-state index contributed by atoms with van der Waals surface area (Å²) in [5.74, 6) is -0.395. The molecule has 0 saturated heterocycles. The molecule has 0 fully saturated rings. The second kappa shape index (κ2) is 5.07. The van der Waals surface area contributed by atoms with E-state index >= 15 is 0 Å². The van der Waals surface area contributed by atoms with Gasteiger partial charge in [-0.25, -0.2) is 9.78 Å². The molecule has 1 N–H and O–H groups in total. The Labute approximate surface area is 86.6 Å². The van der Waals surface area contributed by atoms with Crippen molar-refractivity contribution in [3.63, 3.8) is 0 Å². The largest absolute Gasteiger partial charge is 0.462 e. The van der Waals surface area contributed by atoms with Crippen molar-refractivity contribution < 1.29 is 14.6 Å². The highest BCUT2D eigenvalue weighted by Gasteiger charge is 2.17. The van der Waals surface area contributed by atoms with Gasteiger partial charge in [0.25, 0.3) is 0 Å². The molecule has 14 heavy (non-hydrogen) atoms. The highest BCUT2D eigenvalue weighted by molar-refractivity contribution is 7.13. The van der Waals surface area contributed by atoms with Crippen molar-refractivity contribution in [1.29, 1.82) is 0 Å². The average Bonchev–Trinajstić information content (AvgIpc) is 2.61. The minimum absolute atomic E-state index is 0.218. The van der Waals surface area contributed by atoms with Crippen LogP contribution in [0.1, 0.15) is 34.2 Å². The Kier molecular flexibility index (Phi) is 4.03. The van der Waals surface area contributed by atoms with Gasteiger partial charge in [-0.2, -0.15) is 0 Å². The van der Waals surface area contributed by atoms with Crippen LogP contribution in [0.3, 0.4) is 0 Å². The topological polar surface area (TPSA) is 59.4 Å². The Hall–Kier alpha value is -0.940. The van der Waals surface area contributed by atoms with Crippen molar-refractivity contribution in [2.24, 2.45) is 0 Å². The summed E-state index contributed by atoms with van der Waals surface area (Å²) in [5, 5.41) is 9.83. The van der Waals surface area contributed by atoms with Gasteiger partial charge in [0.15, 0.2) is 0 Å². The third-order valence-corrected chi connectivity index (χ3v) is 2.88. The number of esters is 1. The zero-order valence-corrected chi connectivity index (χ0v) is 9.06. The number of carbonyl (C=O) groups excluding carboxylic acids is 1. The highest BCUT2D eigenvalue weighted by Crippen LogP contribution is 2.20. The number of nitrogens with zero attached hydrogens (tertiary/aromatic N) is 1. The van der Waals surface area contributed by atoms with Crippen LogP contribution < -0.4 is 0 Å². The van der Waals surface area contributed by atoms with Crippen LogP contribution in [0.5, 0.6) is 0 Å². The van der Waals surface area contributed by atoms with Crippen LogP contribution in [0, 0.1) is 0 Å². The molecule has 1 aromatic rings. The molecule has 0 saturated carbocycles. The number of aromatic nitrogens is 1. The lowest BCUT2D eigenvalue weighted by Crippen LogP contribution is -2.05. The van der Waals surface area contributed by atoms with Crippen LogP contribution in [0.25, 0.3) is 0 Å². The number of hydrogen-bond donors (Lipinski definition) is 1. The normalized spacial score (nSPS) is 10.2. The fourth-order valence-electron chi connectivity index (χ4n) is 1.02. The number of carbonyl (C=O) groups is 1. The van der Waals surface area contributed by atoms with E-state index in [-0.39, 0.29) is 6.61 Å². The first-order valence-electron chi connectivity index (χ1n) is 4.49. The van der Waals surface area contributed by atoms with E-state index in [1.807, 2.05) is 6.92 Å². The molecule has 1 rings (SSSR count). The zero-order chi connectivity index (χ0) is 10.6. The van der Waals surface area contributed by atoms with Crippen LogP contribution in [0.2, 0.25) is 0 Å². The van der Waals surface area contributed by atoms with E-state index in [4.69, 9.17) is 9.84 Å². The summed E-state index contributed by atoms with van der Waals surface area (Å²) in [5.41, 5.74) is 0.422. The molecule has 0 radical (unpaired) electrons. The first-order chi connectivity index (χ1) is 6.72. The van der Waals surface area contributed by atoms with E-state index in [1.165, 1.54) is 11.3 Å². The molecule has 1 aromatic heterocycles. The molecule has 4 nitrogen and oxygen atoms in total. The van der Waals surface area contributed by atoms with Gasteiger partial charge in [-0.15, -0.1) is 11.3 Å². The Balaban J connectivity index is 2.93. The molecule has 0 aliphatic carbocycles. The number of hydrogen-bond acceptors (Lipinski definition) is 5. The minimum atomic E-state index is -0.395. The molecule has 0 amide bonds. The van der Waals surface area contributed by atoms with E-state index in [0.717, 1.165) is 11.4 Å². The van der Waals surface area contributed by atoms with Gasteiger partial charge in [0.2, 0.25) is 0 Å². The summed E-state index contributed by atoms with van der Waals surface area (Å²) in [6.07, 6.45) is 0.761. The summed E-state index contributed by atoms with van der Waals surface area (Å²) in [6, 6.07) is 0. The van der Waals surface area contributed by atoms with Crippen LogP contribution in [-0.4, -0.2) is 22.7 Å². The van der Waals surface area contributed by atoms with Crippen molar-refractivity contribution in [1.82, 2.24) is 4.98 Å². The predicted octanol–water partition coefficient (Wildman–Crippen LogP) is 1.37. The Bertz CT molecular complexity index is 322. The lowest BCUT2D eigenvalue weighted by molar-refractivity contribution is 0.0528.